The number of rotatable bonds is 6. The maximum Gasteiger partial charge on any atom is 0.421 e. The molecule has 0 atom stereocenters. The quantitative estimate of drug-likeness (QED) is 0.444. The van der Waals surface area contributed by atoms with Crippen LogP contribution >= 0.6 is 0 Å². The number of methoxy groups -OCH3 is 1. The Kier molecular flexibility index (Phi) is 5.48. The summed E-state index contributed by atoms with van der Waals surface area (Å²) in [6, 6.07) is 11.6. The molecule has 3 aromatic rings. The Hall–Kier alpha value is -3.89. The molecule has 1 aromatic heterocycles. The van der Waals surface area contributed by atoms with Crippen molar-refractivity contribution < 1.29 is 22.8 Å². The summed E-state index contributed by atoms with van der Waals surface area (Å²) in [4.78, 5) is 17.7. The number of ether oxygens (including phenoxy) is 1. The molecule has 29 heavy (non-hydrogen) atoms. The molecular weight excluding hydrogens is 391 g/mol. The second-order valence-corrected chi connectivity index (χ2v) is 5.74. The molecule has 0 radical (unpaired) electrons. The topological polar surface area (TPSA) is 102 Å². The average molecular weight is 405 g/mol. The average Bonchev–Trinajstić information content (AvgIpc) is 2.68. The number of halogens is 3. The van der Waals surface area contributed by atoms with E-state index in [1.165, 1.54) is 31.4 Å². The molecular formula is C18H14F3N5O3. The molecule has 0 spiro atoms. The second kappa shape index (κ2) is 8.00. The number of alkyl halides is 3. The van der Waals surface area contributed by atoms with Crippen LogP contribution in [0.4, 0.5) is 42.0 Å². The molecule has 2 N–H and O–H groups in total. The van der Waals surface area contributed by atoms with E-state index >= 15 is 0 Å². The molecule has 11 heteroatoms. The number of benzene rings is 2. The number of aromatic nitrogens is 2. The monoisotopic (exact) mass is 405 g/mol. The molecule has 0 fully saturated rings. The van der Waals surface area contributed by atoms with Crippen LogP contribution in [0, 0.1) is 10.1 Å². The Labute approximate surface area is 162 Å². The predicted octanol–water partition coefficient (Wildman–Crippen LogP) is 4.90. The van der Waals surface area contributed by atoms with Crippen LogP contribution in [0.2, 0.25) is 0 Å². The molecule has 150 valence electrons. The molecule has 2 aromatic carbocycles. The maximum absolute atomic E-state index is 13.3. The fraction of sp³-hybridized carbons (Fsp3) is 0.111. The summed E-state index contributed by atoms with van der Waals surface area (Å²) in [6.45, 7) is 0. The number of non-ortho nitro benzene ring substituents is 1. The van der Waals surface area contributed by atoms with Gasteiger partial charge in [0, 0.05) is 29.7 Å². The Balaban J connectivity index is 1.89. The zero-order valence-electron chi connectivity index (χ0n) is 14.9. The van der Waals surface area contributed by atoms with Gasteiger partial charge >= 0.3 is 6.18 Å². The van der Waals surface area contributed by atoms with Crippen molar-refractivity contribution >= 4 is 28.8 Å². The highest BCUT2D eigenvalue weighted by Crippen LogP contribution is 2.35. The van der Waals surface area contributed by atoms with E-state index in [2.05, 4.69) is 20.6 Å². The molecule has 8 nitrogen and oxygen atoms in total. The first-order valence-electron chi connectivity index (χ1n) is 8.13. The molecule has 0 saturated carbocycles. The molecule has 0 unspecified atom stereocenters. The summed E-state index contributed by atoms with van der Waals surface area (Å²) in [5.41, 5.74) is -0.407. The minimum atomic E-state index is -4.67. The number of anilines is 4. The molecule has 1 heterocycles. The lowest BCUT2D eigenvalue weighted by Gasteiger charge is -2.15. The van der Waals surface area contributed by atoms with E-state index in [1.807, 2.05) is 0 Å². The number of nitro benzene ring substituents is 1. The first kappa shape index (κ1) is 19.9. The zero-order chi connectivity index (χ0) is 21.0. The van der Waals surface area contributed by atoms with Crippen molar-refractivity contribution in [1.82, 2.24) is 9.97 Å². The molecule has 0 bridgehead atoms. The molecule has 0 aliphatic heterocycles. The molecule has 3 rings (SSSR count). The van der Waals surface area contributed by atoms with Gasteiger partial charge in [-0.15, -0.1) is 0 Å². The van der Waals surface area contributed by atoms with Gasteiger partial charge in [0.1, 0.15) is 17.1 Å². The Morgan fingerprint density at radius 3 is 2.14 bits per heavy atom. The molecule has 0 aliphatic rings. The lowest BCUT2D eigenvalue weighted by molar-refractivity contribution is -0.384. The van der Waals surface area contributed by atoms with Crippen molar-refractivity contribution in [2.45, 2.75) is 6.18 Å². The lowest BCUT2D eigenvalue weighted by atomic mass is 10.2. The van der Waals surface area contributed by atoms with E-state index in [-0.39, 0.29) is 11.6 Å². The third-order valence-electron chi connectivity index (χ3n) is 3.78. The van der Waals surface area contributed by atoms with Gasteiger partial charge in [0.2, 0.25) is 5.95 Å². The van der Waals surface area contributed by atoms with Gasteiger partial charge in [-0.2, -0.15) is 18.2 Å². The van der Waals surface area contributed by atoms with E-state index in [9.17, 15) is 23.3 Å². The normalized spacial score (nSPS) is 11.0. The van der Waals surface area contributed by atoms with Crippen molar-refractivity contribution in [3.63, 3.8) is 0 Å². The summed E-state index contributed by atoms with van der Waals surface area (Å²) >= 11 is 0. The summed E-state index contributed by atoms with van der Waals surface area (Å²) < 4.78 is 45.0. The summed E-state index contributed by atoms with van der Waals surface area (Å²) in [7, 11) is 1.48. The minimum absolute atomic E-state index is 0.108. The third kappa shape index (κ3) is 4.89. The SMILES string of the molecule is COc1ccc(Nc2nc(Nc3ccc([N+](=O)[O-])cc3)ncc2C(F)(F)F)cc1. The van der Waals surface area contributed by atoms with Gasteiger partial charge in [0.15, 0.2) is 0 Å². The Bertz CT molecular complexity index is 1010. The van der Waals surface area contributed by atoms with Crippen molar-refractivity contribution in [3.05, 3.63) is 70.4 Å². The van der Waals surface area contributed by atoms with Crippen LogP contribution in [0.5, 0.6) is 5.75 Å². The first-order valence-corrected chi connectivity index (χ1v) is 8.13. The number of nitro groups is 1. The Morgan fingerprint density at radius 2 is 1.59 bits per heavy atom. The van der Waals surface area contributed by atoms with Gasteiger partial charge in [-0.25, -0.2) is 4.98 Å². The van der Waals surface area contributed by atoms with Crippen molar-refractivity contribution in [1.29, 1.82) is 0 Å². The van der Waals surface area contributed by atoms with E-state index in [0.29, 0.717) is 23.3 Å². The van der Waals surface area contributed by atoms with Crippen LogP contribution < -0.4 is 15.4 Å². The standard InChI is InChI=1S/C18H14F3N5O3/c1-29-14-8-4-11(5-9-14)23-16-15(18(19,20)21)10-22-17(25-16)24-12-2-6-13(7-3-12)26(27)28/h2-10H,1H3,(H2,22,23,24,25). The van der Waals surface area contributed by atoms with E-state index in [4.69, 9.17) is 4.74 Å². The fourth-order valence-electron chi connectivity index (χ4n) is 2.35. The van der Waals surface area contributed by atoms with Crippen molar-refractivity contribution in [3.8, 4) is 5.75 Å². The van der Waals surface area contributed by atoms with Crippen LogP contribution in [0.3, 0.4) is 0 Å². The zero-order valence-corrected chi connectivity index (χ0v) is 14.9. The van der Waals surface area contributed by atoms with Gasteiger partial charge in [-0.3, -0.25) is 10.1 Å². The maximum atomic E-state index is 13.3. The van der Waals surface area contributed by atoms with E-state index < -0.39 is 22.5 Å². The predicted molar refractivity (Wildman–Crippen MR) is 99.7 cm³/mol. The van der Waals surface area contributed by atoms with Crippen LogP contribution in [0.1, 0.15) is 5.56 Å². The van der Waals surface area contributed by atoms with Gasteiger partial charge < -0.3 is 15.4 Å². The highest BCUT2D eigenvalue weighted by molar-refractivity contribution is 5.63. The van der Waals surface area contributed by atoms with Gasteiger partial charge in [0.25, 0.3) is 5.69 Å². The highest BCUT2D eigenvalue weighted by atomic mass is 19.4. The summed E-state index contributed by atoms with van der Waals surface area (Å²) in [5.74, 6) is -0.000229. The van der Waals surface area contributed by atoms with Gasteiger partial charge in [-0.1, -0.05) is 0 Å². The van der Waals surface area contributed by atoms with E-state index in [0.717, 1.165) is 0 Å². The van der Waals surface area contributed by atoms with Crippen LogP contribution in [-0.4, -0.2) is 22.0 Å². The number of hydrogen-bond acceptors (Lipinski definition) is 7. The summed E-state index contributed by atoms with van der Waals surface area (Å²) in [6.07, 6.45) is -4.01. The van der Waals surface area contributed by atoms with Crippen LogP contribution in [0.25, 0.3) is 0 Å². The van der Waals surface area contributed by atoms with Crippen LogP contribution in [0.15, 0.2) is 54.7 Å². The molecule has 0 saturated heterocycles. The molecule has 0 aliphatic carbocycles. The largest absolute Gasteiger partial charge is 0.497 e. The highest BCUT2D eigenvalue weighted by Gasteiger charge is 2.35. The molecule has 0 amide bonds. The van der Waals surface area contributed by atoms with Gasteiger partial charge in [0.05, 0.1) is 12.0 Å². The third-order valence-corrected chi connectivity index (χ3v) is 3.78. The van der Waals surface area contributed by atoms with Crippen molar-refractivity contribution in [2.24, 2.45) is 0 Å². The van der Waals surface area contributed by atoms with E-state index in [1.54, 1.807) is 24.3 Å². The number of nitrogens with zero attached hydrogens (tertiary/aromatic N) is 3. The smallest absolute Gasteiger partial charge is 0.421 e. The fourth-order valence-corrected chi connectivity index (χ4v) is 2.35. The lowest BCUT2D eigenvalue weighted by Crippen LogP contribution is -2.12. The Morgan fingerprint density at radius 1 is 1.00 bits per heavy atom. The number of hydrogen-bond donors (Lipinski definition) is 2. The first-order chi connectivity index (χ1) is 13.8. The van der Waals surface area contributed by atoms with Crippen LogP contribution in [-0.2, 0) is 6.18 Å². The van der Waals surface area contributed by atoms with Gasteiger partial charge in [-0.05, 0) is 36.4 Å². The summed E-state index contributed by atoms with van der Waals surface area (Å²) in [5, 5.41) is 16.0. The number of nitrogens with one attached hydrogen (secondary N) is 2. The second-order valence-electron chi connectivity index (χ2n) is 5.74. The van der Waals surface area contributed by atoms with Crippen molar-refractivity contribution in [2.75, 3.05) is 17.7 Å². The minimum Gasteiger partial charge on any atom is -0.497 e.